The fraction of sp³-hybridized carbons (Fsp3) is 0.889. The van der Waals surface area contributed by atoms with Crippen LogP contribution in [0.2, 0.25) is 0 Å². The zero-order valence-corrected chi connectivity index (χ0v) is 18.5. The van der Waals surface area contributed by atoms with Gasteiger partial charge in [-0.3, -0.25) is 4.79 Å². The molecule has 0 aliphatic heterocycles. The van der Waals surface area contributed by atoms with Gasteiger partial charge >= 0.3 is 0 Å². The summed E-state index contributed by atoms with van der Waals surface area (Å²) in [5.41, 5.74) is 0.301. The molecule has 0 aromatic carbocycles. The van der Waals surface area contributed by atoms with Gasteiger partial charge in [0.15, 0.2) is 5.96 Å². The first-order valence-electron chi connectivity index (χ1n) is 9.52. The van der Waals surface area contributed by atoms with E-state index in [1.807, 2.05) is 20.8 Å². The number of hydrogen-bond acceptors (Lipinski definition) is 3. The lowest BCUT2D eigenvalue weighted by Crippen LogP contribution is -2.44. The van der Waals surface area contributed by atoms with E-state index in [-0.39, 0.29) is 36.4 Å². The molecule has 1 rings (SSSR count). The van der Waals surface area contributed by atoms with E-state index < -0.39 is 0 Å². The molecule has 25 heavy (non-hydrogen) atoms. The van der Waals surface area contributed by atoms with Crippen LogP contribution in [0.4, 0.5) is 0 Å². The molecule has 0 unspecified atom stereocenters. The Morgan fingerprint density at radius 3 is 2.44 bits per heavy atom. The van der Waals surface area contributed by atoms with Gasteiger partial charge in [-0.15, -0.1) is 24.0 Å². The molecule has 0 radical (unpaired) electrons. The quantitative estimate of drug-likeness (QED) is 0.189. The largest absolute Gasteiger partial charge is 0.382 e. The molecule has 0 heterocycles. The fourth-order valence-corrected chi connectivity index (χ4v) is 3.16. The van der Waals surface area contributed by atoms with Crippen LogP contribution in [0.25, 0.3) is 0 Å². The average Bonchev–Trinajstić information content (AvgIpc) is 3.05. The molecule has 1 saturated carbocycles. The summed E-state index contributed by atoms with van der Waals surface area (Å²) in [6.45, 7) is 10.3. The standard InChI is InChI=1S/C18H36N4O2.HI/c1-4-12-20-16(23)14-21-17(19-5-2)22-15-18(9-7-8-10-18)11-13-24-6-3;/h4-15H2,1-3H3,(H,20,23)(H2,19,21,22);1H. The van der Waals surface area contributed by atoms with Crippen molar-refractivity contribution in [1.29, 1.82) is 0 Å². The molecule has 0 saturated heterocycles. The van der Waals surface area contributed by atoms with Crippen LogP contribution in [-0.2, 0) is 9.53 Å². The van der Waals surface area contributed by atoms with Crippen LogP contribution in [0.1, 0.15) is 59.3 Å². The topological polar surface area (TPSA) is 74.8 Å². The number of rotatable bonds is 11. The third kappa shape index (κ3) is 10.2. The molecular weight excluding hydrogens is 431 g/mol. The Morgan fingerprint density at radius 1 is 1.12 bits per heavy atom. The summed E-state index contributed by atoms with van der Waals surface area (Å²) in [5.74, 6) is 0.702. The highest BCUT2D eigenvalue weighted by Gasteiger charge is 2.33. The molecule has 0 atom stereocenters. The lowest BCUT2D eigenvalue weighted by Gasteiger charge is -2.30. The maximum Gasteiger partial charge on any atom is 0.241 e. The number of hydrogen-bond donors (Lipinski definition) is 3. The van der Waals surface area contributed by atoms with Gasteiger partial charge in [-0.2, -0.15) is 0 Å². The van der Waals surface area contributed by atoms with Crippen molar-refractivity contribution < 1.29 is 9.53 Å². The van der Waals surface area contributed by atoms with Gasteiger partial charge in [0.1, 0.15) is 6.54 Å². The van der Waals surface area contributed by atoms with Crippen LogP contribution in [-0.4, -0.2) is 51.3 Å². The minimum absolute atomic E-state index is 0. The SMILES string of the molecule is CCCNC(=O)CN=C(NCC)NCC1(CCOCC)CCCC1.I. The number of nitrogens with zero attached hydrogens (tertiary/aromatic N) is 1. The lowest BCUT2D eigenvalue weighted by atomic mass is 9.83. The second kappa shape index (κ2) is 14.6. The highest BCUT2D eigenvalue weighted by molar-refractivity contribution is 14.0. The molecule has 148 valence electrons. The van der Waals surface area contributed by atoms with Gasteiger partial charge in [0.05, 0.1) is 0 Å². The molecule has 1 aliphatic rings. The smallest absolute Gasteiger partial charge is 0.241 e. The van der Waals surface area contributed by atoms with E-state index in [9.17, 15) is 4.79 Å². The highest BCUT2D eigenvalue weighted by Crippen LogP contribution is 2.40. The molecule has 1 aliphatic carbocycles. The van der Waals surface area contributed by atoms with Crippen LogP contribution in [0, 0.1) is 5.41 Å². The van der Waals surface area contributed by atoms with Gasteiger partial charge < -0.3 is 20.7 Å². The van der Waals surface area contributed by atoms with Gasteiger partial charge in [-0.1, -0.05) is 19.8 Å². The van der Waals surface area contributed by atoms with Crippen molar-refractivity contribution in [1.82, 2.24) is 16.0 Å². The first-order valence-corrected chi connectivity index (χ1v) is 9.52. The van der Waals surface area contributed by atoms with E-state index >= 15 is 0 Å². The maximum atomic E-state index is 11.7. The average molecular weight is 468 g/mol. The second-order valence-electron chi connectivity index (χ2n) is 6.55. The second-order valence-corrected chi connectivity index (χ2v) is 6.55. The summed E-state index contributed by atoms with van der Waals surface area (Å²) in [5, 5.41) is 9.53. The summed E-state index contributed by atoms with van der Waals surface area (Å²) >= 11 is 0. The van der Waals surface area contributed by atoms with E-state index in [1.54, 1.807) is 0 Å². The van der Waals surface area contributed by atoms with E-state index in [1.165, 1.54) is 25.7 Å². The van der Waals surface area contributed by atoms with E-state index in [0.29, 0.717) is 12.0 Å². The molecule has 3 N–H and O–H groups in total. The van der Waals surface area contributed by atoms with Crippen molar-refractivity contribution >= 4 is 35.8 Å². The van der Waals surface area contributed by atoms with E-state index in [0.717, 1.165) is 45.1 Å². The summed E-state index contributed by atoms with van der Waals surface area (Å²) in [4.78, 5) is 16.1. The van der Waals surface area contributed by atoms with Crippen LogP contribution < -0.4 is 16.0 Å². The first kappa shape index (κ1) is 24.4. The zero-order valence-electron chi connectivity index (χ0n) is 16.2. The molecule has 0 aromatic heterocycles. The number of amides is 1. The van der Waals surface area contributed by atoms with Crippen molar-refractivity contribution in [3.05, 3.63) is 0 Å². The number of carbonyl (C=O) groups excluding carboxylic acids is 1. The summed E-state index contributed by atoms with van der Waals surface area (Å²) in [6, 6.07) is 0. The molecule has 1 amide bonds. The van der Waals surface area contributed by atoms with Gasteiger partial charge in [-0.25, -0.2) is 4.99 Å². The monoisotopic (exact) mass is 468 g/mol. The molecule has 6 nitrogen and oxygen atoms in total. The molecule has 7 heteroatoms. The summed E-state index contributed by atoms with van der Waals surface area (Å²) in [7, 11) is 0. The van der Waals surface area contributed by atoms with E-state index in [2.05, 4.69) is 20.9 Å². The van der Waals surface area contributed by atoms with Gasteiger partial charge in [-0.05, 0) is 44.9 Å². The van der Waals surface area contributed by atoms with Crippen molar-refractivity contribution in [2.75, 3.05) is 39.4 Å². The lowest BCUT2D eigenvalue weighted by molar-refractivity contribution is -0.119. The first-order chi connectivity index (χ1) is 11.7. The minimum Gasteiger partial charge on any atom is -0.382 e. The van der Waals surface area contributed by atoms with Crippen molar-refractivity contribution in [3.8, 4) is 0 Å². The number of guanidine groups is 1. The molecular formula is C18H37IN4O2. The van der Waals surface area contributed by atoms with Gasteiger partial charge in [0.2, 0.25) is 5.91 Å². The highest BCUT2D eigenvalue weighted by atomic mass is 127. The van der Waals surface area contributed by atoms with E-state index in [4.69, 9.17) is 4.74 Å². The molecule has 1 fully saturated rings. The Labute approximate surface area is 170 Å². The number of halogens is 1. The van der Waals surface area contributed by atoms with Crippen molar-refractivity contribution in [2.45, 2.75) is 59.3 Å². The third-order valence-electron chi connectivity index (χ3n) is 4.57. The molecule has 0 bridgehead atoms. The van der Waals surface area contributed by atoms with Crippen LogP contribution in [0.5, 0.6) is 0 Å². The Morgan fingerprint density at radius 2 is 1.84 bits per heavy atom. The van der Waals surface area contributed by atoms with Crippen LogP contribution in [0.3, 0.4) is 0 Å². The van der Waals surface area contributed by atoms with Crippen LogP contribution >= 0.6 is 24.0 Å². The number of aliphatic imine (C=N–C) groups is 1. The predicted molar refractivity (Wildman–Crippen MR) is 115 cm³/mol. The Balaban J connectivity index is 0.00000576. The number of nitrogens with one attached hydrogen (secondary N) is 3. The summed E-state index contributed by atoms with van der Waals surface area (Å²) < 4.78 is 5.56. The minimum atomic E-state index is -0.0269. The normalized spacial score (nSPS) is 16.2. The number of ether oxygens (including phenoxy) is 1. The Hall–Kier alpha value is -0.570. The van der Waals surface area contributed by atoms with Gasteiger partial charge in [0, 0.05) is 32.8 Å². The third-order valence-corrected chi connectivity index (χ3v) is 4.57. The van der Waals surface area contributed by atoms with Crippen molar-refractivity contribution in [2.24, 2.45) is 10.4 Å². The maximum absolute atomic E-state index is 11.7. The predicted octanol–water partition coefficient (Wildman–Crippen LogP) is 2.67. The zero-order chi connectivity index (χ0) is 17.7. The fourth-order valence-electron chi connectivity index (χ4n) is 3.16. The Kier molecular flexibility index (Phi) is 14.3. The van der Waals surface area contributed by atoms with Gasteiger partial charge in [0.25, 0.3) is 0 Å². The van der Waals surface area contributed by atoms with Crippen molar-refractivity contribution in [3.63, 3.8) is 0 Å². The van der Waals surface area contributed by atoms with Crippen LogP contribution in [0.15, 0.2) is 4.99 Å². The molecule has 0 aromatic rings. The Bertz CT molecular complexity index is 385. The number of carbonyl (C=O) groups is 1. The summed E-state index contributed by atoms with van der Waals surface area (Å²) in [6.07, 6.45) is 7.09. The molecule has 0 spiro atoms.